The molecule has 2 heterocycles. The topological polar surface area (TPSA) is 18.5 Å². The lowest BCUT2D eigenvalue weighted by molar-refractivity contribution is 0.231. The van der Waals surface area contributed by atoms with Crippen LogP contribution >= 0.6 is 0 Å². The predicted octanol–water partition coefficient (Wildman–Crippen LogP) is 2.32. The van der Waals surface area contributed by atoms with Gasteiger partial charge in [0.15, 0.2) is 0 Å². The Labute approximate surface area is 119 Å². The molecule has 2 aliphatic rings. The maximum absolute atomic E-state index is 3.50. The van der Waals surface area contributed by atoms with Crippen LogP contribution in [-0.2, 0) is 0 Å². The smallest absolute Gasteiger partial charge is 0.0235 e. The Bertz CT molecular complexity index is 236. The Kier molecular flexibility index (Phi) is 6.62. The van der Waals surface area contributed by atoms with Crippen LogP contribution in [0.1, 0.15) is 52.4 Å². The SMILES string of the molecule is CC(C)NCCCCCN1CCC(N2CCCC2)C1. The van der Waals surface area contributed by atoms with Gasteiger partial charge in [-0.15, -0.1) is 0 Å². The summed E-state index contributed by atoms with van der Waals surface area (Å²) in [6.45, 7) is 12.4. The molecule has 2 saturated heterocycles. The van der Waals surface area contributed by atoms with Crippen molar-refractivity contribution >= 4 is 0 Å². The van der Waals surface area contributed by atoms with E-state index in [9.17, 15) is 0 Å². The highest BCUT2D eigenvalue weighted by atomic mass is 15.3. The summed E-state index contributed by atoms with van der Waals surface area (Å²) in [7, 11) is 0. The zero-order chi connectivity index (χ0) is 13.5. The van der Waals surface area contributed by atoms with E-state index in [-0.39, 0.29) is 0 Å². The number of hydrogen-bond donors (Lipinski definition) is 1. The van der Waals surface area contributed by atoms with E-state index in [1.165, 1.54) is 77.8 Å². The number of unbranched alkanes of at least 4 members (excludes halogenated alkanes) is 2. The number of likely N-dealkylation sites (tertiary alicyclic amines) is 2. The van der Waals surface area contributed by atoms with Crippen LogP contribution in [0.4, 0.5) is 0 Å². The zero-order valence-electron chi connectivity index (χ0n) is 13.0. The summed E-state index contributed by atoms with van der Waals surface area (Å²) in [6.07, 6.45) is 8.37. The Morgan fingerprint density at radius 3 is 2.58 bits per heavy atom. The number of hydrogen-bond acceptors (Lipinski definition) is 3. The summed E-state index contributed by atoms with van der Waals surface area (Å²) in [5.74, 6) is 0. The molecule has 0 aromatic carbocycles. The molecule has 1 N–H and O–H groups in total. The molecule has 0 aromatic rings. The van der Waals surface area contributed by atoms with Crippen LogP contribution < -0.4 is 5.32 Å². The van der Waals surface area contributed by atoms with Gasteiger partial charge in [-0.1, -0.05) is 20.3 Å². The monoisotopic (exact) mass is 267 g/mol. The molecule has 0 bridgehead atoms. The van der Waals surface area contributed by atoms with Crippen LogP contribution in [0.15, 0.2) is 0 Å². The molecule has 0 aromatic heterocycles. The van der Waals surface area contributed by atoms with Crippen LogP contribution in [0.3, 0.4) is 0 Å². The fraction of sp³-hybridized carbons (Fsp3) is 1.00. The van der Waals surface area contributed by atoms with Crippen LogP contribution in [0, 0.1) is 0 Å². The van der Waals surface area contributed by atoms with Gasteiger partial charge in [-0.3, -0.25) is 4.90 Å². The Morgan fingerprint density at radius 2 is 1.84 bits per heavy atom. The molecule has 2 rings (SSSR count). The van der Waals surface area contributed by atoms with E-state index in [0.29, 0.717) is 6.04 Å². The van der Waals surface area contributed by atoms with E-state index in [1.807, 2.05) is 0 Å². The average molecular weight is 267 g/mol. The first-order chi connectivity index (χ1) is 9.25. The van der Waals surface area contributed by atoms with Crippen molar-refractivity contribution in [1.82, 2.24) is 15.1 Å². The van der Waals surface area contributed by atoms with E-state index in [1.54, 1.807) is 0 Å². The molecule has 0 saturated carbocycles. The van der Waals surface area contributed by atoms with Crippen molar-refractivity contribution in [3.05, 3.63) is 0 Å². The minimum Gasteiger partial charge on any atom is -0.315 e. The van der Waals surface area contributed by atoms with Gasteiger partial charge in [-0.25, -0.2) is 0 Å². The summed E-state index contributed by atoms with van der Waals surface area (Å²) < 4.78 is 0. The maximum atomic E-state index is 3.50. The van der Waals surface area contributed by atoms with Gasteiger partial charge >= 0.3 is 0 Å². The Hall–Kier alpha value is -0.120. The molecule has 19 heavy (non-hydrogen) atoms. The summed E-state index contributed by atoms with van der Waals surface area (Å²) in [5.41, 5.74) is 0. The quantitative estimate of drug-likeness (QED) is 0.681. The first-order valence-electron chi connectivity index (χ1n) is 8.45. The van der Waals surface area contributed by atoms with E-state index < -0.39 is 0 Å². The molecule has 2 aliphatic heterocycles. The third kappa shape index (κ3) is 5.41. The summed E-state index contributed by atoms with van der Waals surface area (Å²) in [4.78, 5) is 5.42. The molecule has 0 aliphatic carbocycles. The molecule has 2 fully saturated rings. The van der Waals surface area contributed by atoms with Crippen molar-refractivity contribution in [2.75, 3.05) is 39.3 Å². The molecule has 0 spiro atoms. The van der Waals surface area contributed by atoms with E-state index in [0.717, 1.165) is 6.04 Å². The van der Waals surface area contributed by atoms with Crippen LogP contribution in [-0.4, -0.2) is 61.2 Å². The second kappa shape index (κ2) is 8.23. The van der Waals surface area contributed by atoms with Gasteiger partial charge in [0, 0.05) is 18.6 Å². The molecular weight excluding hydrogens is 234 g/mol. The van der Waals surface area contributed by atoms with Crippen LogP contribution in [0.5, 0.6) is 0 Å². The minimum atomic E-state index is 0.639. The largest absolute Gasteiger partial charge is 0.315 e. The van der Waals surface area contributed by atoms with Crippen molar-refractivity contribution in [3.8, 4) is 0 Å². The molecule has 3 nitrogen and oxygen atoms in total. The summed E-state index contributed by atoms with van der Waals surface area (Å²) >= 11 is 0. The fourth-order valence-corrected chi connectivity index (χ4v) is 3.45. The van der Waals surface area contributed by atoms with Gasteiger partial charge in [-0.05, 0) is 64.8 Å². The molecule has 112 valence electrons. The number of nitrogens with zero attached hydrogens (tertiary/aromatic N) is 2. The molecule has 3 heteroatoms. The van der Waals surface area contributed by atoms with Gasteiger partial charge in [0.2, 0.25) is 0 Å². The zero-order valence-corrected chi connectivity index (χ0v) is 13.0. The van der Waals surface area contributed by atoms with Crippen LogP contribution in [0.2, 0.25) is 0 Å². The molecular formula is C16H33N3. The highest BCUT2D eigenvalue weighted by Gasteiger charge is 2.28. The number of rotatable bonds is 8. The van der Waals surface area contributed by atoms with Crippen molar-refractivity contribution in [3.63, 3.8) is 0 Å². The maximum Gasteiger partial charge on any atom is 0.0235 e. The first-order valence-corrected chi connectivity index (χ1v) is 8.45. The van der Waals surface area contributed by atoms with Crippen molar-refractivity contribution in [2.24, 2.45) is 0 Å². The highest BCUT2D eigenvalue weighted by Crippen LogP contribution is 2.20. The van der Waals surface area contributed by atoms with E-state index in [4.69, 9.17) is 0 Å². The Morgan fingerprint density at radius 1 is 1.05 bits per heavy atom. The molecule has 1 atom stereocenters. The van der Waals surface area contributed by atoms with Crippen molar-refractivity contribution < 1.29 is 0 Å². The predicted molar refractivity (Wildman–Crippen MR) is 82.6 cm³/mol. The first kappa shape index (κ1) is 15.3. The van der Waals surface area contributed by atoms with E-state index >= 15 is 0 Å². The van der Waals surface area contributed by atoms with Gasteiger partial charge in [0.1, 0.15) is 0 Å². The summed E-state index contributed by atoms with van der Waals surface area (Å²) in [6, 6.07) is 1.52. The fourth-order valence-electron chi connectivity index (χ4n) is 3.45. The number of nitrogens with one attached hydrogen (secondary N) is 1. The minimum absolute atomic E-state index is 0.639. The second-order valence-electron chi connectivity index (χ2n) is 6.66. The second-order valence-corrected chi connectivity index (χ2v) is 6.66. The van der Waals surface area contributed by atoms with Crippen LogP contribution in [0.25, 0.3) is 0 Å². The van der Waals surface area contributed by atoms with Gasteiger partial charge in [-0.2, -0.15) is 0 Å². The van der Waals surface area contributed by atoms with Crippen molar-refractivity contribution in [1.29, 1.82) is 0 Å². The lowest BCUT2D eigenvalue weighted by Crippen LogP contribution is -2.35. The lowest BCUT2D eigenvalue weighted by Gasteiger charge is -2.23. The van der Waals surface area contributed by atoms with Gasteiger partial charge < -0.3 is 10.2 Å². The third-order valence-electron chi connectivity index (χ3n) is 4.61. The van der Waals surface area contributed by atoms with Gasteiger partial charge in [0.25, 0.3) is 0 Å². The van der Waals surface area contributed by atoms with Crippen molar-refractivity contribution in [2.45, 2.75) is 64.5 Å². The highest BCUT2D eigenvalue weighted by molar-refractivity contribution is 4.85. The lowest BCUT2D eigenvalue weighted by atomic mass is 10.2. The molecule has 0 radical (unpaired) electrons. The molecule has 1 unspecified atom stereocenters. The standard InChI is InChI=1S/C16H33N3/c1-15(2)17-9-4-3-5-10-18-13-8-16(14-18)19-11-6-7-12-19/h15-17H,3-14H2,1-2H3. The van der Waals surface area contributed by atoms with E-state index in [2.05, 4.69) is 29.0 Å². The normalized spacial score (nSPS) is 25.7. The molecule has 0 amide bonds. The Balaban J connectivity index is 1.48. The third-order valence-corrected chi connectivity index (χ3v) is 4.61. The van der Waals surface area contributed by atoms with Gasteiger partial charge in [0.05, 0.1) is 0 Å². The average Bonchev–Trinajstić information content (AvgIpc) is 3.03. The summed E-state index contributed by atoms with van der Waals surface area (Å²) in [5, 5.41) is 3.50.